The Hall–Kier alpha value is -5.67. The number of imide groups is 1. The van der Waals surface area contributed by atoms with Crippen LogP contribution in [0.25, 0.3) is 32.9 Å². The summed E-state index contributed by atoms with van der Waals surface area (Å²) in [6.45, 7) is 32.5. The summed E-state index contributed by atoms with van der Waals surface area (Å²) in [5.74, 6) is 2.06. The molecule has 0 radical (unpaired) electrons. The number of amides is 3. The fraction of sp³-hybridized carbons (Fsp3) is 0.658. The molecule has 1 saturated carbocycles. The van der Waals surface area contributed by atoms with Crippen molar-refractivity contribution in [1.82, 2.24) is 25.2 Å². The van der Waals surface area contributed by atoms with E-state index in [4.69, 9.17) is 19.3 Å². The summed E-state index contributed by atoms with van der Waals surface area (Å²) in [6.07, 6.45) is 30.5. The number of phenols is 1. The Morgan fingerprint density at radius 2 is 1.62 bits per heavy atom. The van der Waals surface area contributed by atoms with E-state index in [2.05, 4.69) is 96.9 Å². The number of carbonyl (C=O) groups is 4. The Morgan fingerprint density at radius 1 is 0.906 bits per heavy atom. The average molecular weight is 1350 g/mol. The van der Waals surface area contributed by atoms with E-state index in [1.165, 1.54) is 148 Å². The van der Waals surface area contributed by atoms with Gasteiger partial charge in [0.25, 0.3) is 0 Å². The number of methoxy groups -OCH3 is 2. The van der Waals surface area contributed by atoms with Gasteiger partial charge < -0.3 is 29.4 Å². The van der Waals surface area contributed by atoms with Crippen LogP contribution in [0.15, 0.2) is 48.7 Å². The maximum Gasteiger partial charge on any atom is 0.318 e. The number of aliphatic hydroxyl groups excluding tert-OH is 1. The van der Waals surface area contributed by atoms with Gasteiger partial charge in [0, 0.05) is 68.4 Å². The summed E-state index contributed by atoms with van der Waals surface area (Å²) in [4.78, 5) is 65.1. The van der Waals surface area contributed by atoms with E-state index < -0.39 is 18.1 Å². The number of fused-ring (bicyclic) bond motifs is 3. The molecule has 6 heterocycles. The second-order valence-corrected chi connectivity index (χ2v) is 27.8. The first kappa shape index (κ1) is 82.8. The molecule has 3 N–H and O–H groups in total. The lowest BCUT2D eigenvalue weighted by molar-refractivity contribution is -0.135. The molecule has 1 aliphatic carbocycles. The van der Waals surface area contributed by atoms with Gasteiger partial charge in [0.05, 0.1) is 36.4 Å². The number of ether oxygens (including phenoxy) is 2. The number of aryl methyl sites for hydroxylation is 2. The van der Waals surface area contributed by atoms with Crippen LogP contribution < -0.4 is 25.2 Å². The van der Waals surface area contributed by atoms with Gasteiger partial charge in [-0.3, -0.25) is 34.5 Å². The number of carbonyl (C=O) groups excluding carboxylic acids is 4. The van der Waals surface area contributed by atoms with E-state index >= 15 is 0 Å². The lowest BCUT2D eigenvalue weighted by Gasteiger charge is -2.33. The van der Waals surface area contributed by atoms with Crippen LogP contribution in [-0.2, 0) is 30.3 Å². The Kier molecular flexibility index (Phi) is 37.1. The number of aldehydes is 1. The van der Waals surface area contributed by atoms with Gasteiger partial charge in [0.1, 0.15) is 29.7 Å². The zero-order valence-electron chi connectivity index (χ0n) is 62.0. The standard InChI is InChI=1S/C25H26FN4O3P.C23H34N2O3.C15H30.C9H17NO.C3H8.C2H4O.C2H6/c1-3-16-19(26)7-6-13-9-15(32)10-17(20(13)16)21-23(34)22-18(11-27-21)24(29-25(28-22)33-2)30-8-4-5-14(31)12-30;1-5-7-8-10-18(9-6-2)19-11-12-20(16(3)15-19)25(17(4)26)21-13-14-22(27)24-23(21)28;1-5-9-15(10-7-13(3)6-2)11-8-14(4)12-15;1-11-7-9-5-4-8-3-2-6-10(8)9;1-3-2;1-2-3;1-2/h6-7,9-11,14,31-32H,3-5,8,12,34H2,1-2H3;11-12,15,18,21H,5-10,13-14H2,1-4H3,(H,24,27,28);13-14H,5-12H2,1-4H3;8-9H,2-7H2,1H3;3H2,1-2H3;2H,1H3;1-2H3. The molecule has 9 atom stereocenters. The van der Waals surface area contributed by atoms with Crippen molar-refractivity contribution < 1.29 is 43.3 Å². The van der Waals surface area contributed by atoms with Crippen molar-refractivity contribution in [2.24, 2.45) is 17.3 Å². The second-order valence-electron chi connectivity index (χ2n) is 27.2. The summed E-state index contributed by atoms with van der Waals surface area (Å²) in [6, 6.07) is 13.8. The van der Waals surface area contributed by atoms with Gasteiger partial charge in [-0.1, -0.05) is 152 Å². The van der Waals surface area contributed by atoms with Gasteiger partial charge in [0.15, 0.2) is 0 Å². The molecular weight excluding hydrogens is 1220 g/mol. The molecule has 536 valence electrons. The molecule has 10 rings (SSSR count). The van der Waals surface area contributed by atoms with Crippen LogP contribution in [0.2, 0.25) is 0 Å². The third-order valence-corrected chi connectivity index (χ3v) is 20.2. The van der Waals surface area contributed by atoms with E-state index in [1.54, 1.807) is 29.3 Å². The molecule has 96 heavy (non-hydrogen) atoms. The Morgan fingerprint density at radius 3 is 2.22 bits per heavy atom. The minimum atomic E-state index is -0.629. The van der Waals surface area contributed by atoms with Crippen molar-refractivity contribution in [1.29, 1.82) is 0 Å². The Bertz CT molecular complexity index is 3180. The molecule has 0 bridgehead atoms. The lowest BCUT2D eigenvalue weighted by Crippen LogP contribution is -2.54. The van der Waals surface area contributed by atoms with Gasteiger partial charge in [0.2, 0.25) is 17.7 Å². The van der Waals surface area contributed by atoms with Crippen molar-refractivity contribution >= 4 is 71.7 Å². The molecule has 17 heteroatoms. The van der Waals surface area contributed by atoms with Gasteiger partial charge in [-0.15, -0.1) is 9.24 Å². The molecule has 3 aromatic carbocycles. The van der Waals surface area contributed by atoms with Crippen LogP contribution in [-0.4, -0.2) is 119 Å². The van der Waals surface area contributed by atoms with E-state index in [9.17, 15) is 29.0 Å². The van der Waals surface area contributed by atoms with Crippen molar-refractivity contribution in [2.75, 3.05) is 50.3 Å². The van der Waals surface area contributed by atoms with Crippen molar-refractivity contribution in [2.45, 2.75) is 281 Å². The zero-order chi connectivity index (χ0) is 71.1. The van der Waals surface area contributed by atoms with Crippen LogP contribution in [0.4, 0.5) is 15.9 Å². The summed E-state index contributed by atoms with van der Waals surface area (Å²) in [5, 5.41) is 25.9. The SMILES string of the molecule is CC.CC=O.CCC.CCCC1(CCC(C)CC)CCC(C)C1.CCCCCC(CCC)c1ccc(N(C(C)=O)C2CCC(=O)NC2=O)c(C)c1.CCc1c(F)ccc2cc(O)cc(-c3ncc4c(N5CCCC(O)C5)nc(OC)nc4c3P)c12.COCC1CCC2CCCN21. The van der Waals surface area contributed by atoms with E-state index in [0.29, 0.717) is 58.8 Å². The molecule has 15 nitrogen and oxygen atoms in total. The van der Waals surface area contributed by atoms with Crippen LogP contribution in [0, 0.1) is 30.0 Å². The number of nitrogens with one attached hydrogen (secondary N) is 1. The van der Waals surface area contributed by atoms with Crippen LogP contribution in [0.1, 0.15) is 260 Å². The summed E-state index contributed by atoms with van der Waals surface area (Å²) in [7, 11) is 6.02. The smallest absolute Gasteiger partial charge is 0.318 e. The number of β-amino-alcohol motifs (C(OH)–C–C–N with tert-alkyl or cyclic N) is 1. The quantitative estimate of drug-likeness (QED) is 0.0273. The zero-order valence-corrected chi connectivity index (χ0v) is 63.2. The summed E-state index contributed by atoms with van der Waals surface area (Å²) < 4.78 is 25.3. The van der Waals surface area contributed by atoms with Crippen LogP contribution >= 0.6 is 9.24 Å². The second kappa shape index (κ2) is 43.0. The number of rotatable bonds is 21. The number of anilines is 2. The number of phenolic OH excluding ortho intramolecular Hbond substituents is 1. The number of pyridine rings is 1. The molecule has 3 amide bonds. The Balaban J connectivity index is 0.000000281. The predicted octanol–water partition coefficient (Wildman–Crippen LogP) is 17.7. The highest BCUT2D eigenvalue weighted by atomic mass is 31.0. The molecular formula is C79H125FN7O8P. The molecule has 0 spiro atoms. The van der Waals surface area contributed by atoms with Crippen molar-refractivity contribution in [3.63, 3.8) is 0 Å². The molecule has 9 unspecified atom stereocenters. The molecule has 5 fully saturated rings. The molecule has 2 aromatic heterocycles. The maximum absolute atomic E-state index is 14.7. The van der Waals surface area contributed by atoms with E-state index in [0.717, 1.165) is 102 Å². The van der Waals surface area contributed by atoms with Gasteiger partial charge >= 0.3 is 6.01 Å². The van der Waals surface area contributed by atoms with E-state index in [1.807, 2.05) is 45.8 Å². The number of aromatic nitrogens is 3. The highest BCUT2D eigenvalue weighted by Crippen LogP contribution is 2.49. The highest BCUT2D eigenvalue weighted by molar-refractivity contribution is 7.28. The van der Waals surface area contributed by atoms with Gasteiger partial charge in [-0.2, -0.15) is 9.97 Å². The first-order valence-corrected chi connectivity index (χ1v) is 37.5. The summed E-state index contributed by atoms with van der Waals surface area (Å²) >= 11 is 0. The van der Waals surface area contributed by atoms with Crippen LogP contribution in [0.3, 0.4) is 0 Å². The van der Waals surface area contributed by atoms with Gasteiger partial charge in [-0.25, -0.2) is 4.39 Å². The molecule has 5 aromatic rings. The largest absolute Gasteiger partial charge is 0.508 e. The number of benzene rings is 3. The topological polar surface area (TPSA) is 188 Å². The van der Waals surface area contributed by atoms with Crippen molar-refractivity contribution in [3.8, 4) is 23.0 Å². The highest BCUT2D eigenvalue weighted by Gasteiger charge is 2.38. The van der Waals surface area contributed by atoms with E-state index in [-0.39, 0.29) is 35.8 Å². The minimum absolute atomic E-state index is 0.0747. The number of nitrogens with zero attached hydrogens (tertiary/aromatic N) is 6. The molecule has 5 aliphatic rings. The third kappa shape index (κ3) is 23.5. The number of unbranched alkanes of at least 4 members (excludes halogenated alkanes) is 2. The third-order valence-electron chi connectivity index (χ3n) is 19.7. The predicted molar refractivity (Wildman–Crippen MR) is 400 cm³/mol. The fourth-order valence-corrected chi connectivity index (χ4v) is 15.3. The number of halogens is 1. The number of aliphatic hydroxyl groups is 1. The monoisotopic (exact) mass is 1350 g/mol. The minimum Gasteiger partial charge on any atom is -0.508 e. The number of hydrogen-bond donors (Lipinski definition) is 3. The molecule has 4 saturated heterocycles. The first-order valence-electron chi connectivity index (χ1n) is 36.9. The lowest BCUT2D eigenvalue weighted by atomic mass is 9.75. The Labute approximate surface area is 580 Å². The van der Waals surface area contributed by atoms with Crippen molar-refractivity contribution in [3.05, 3.63) is 71.2 Å². The molecule has 4 aliphatic heterocycles. The average Bonchev–Trinajstić information content (AvgIpc) is 0.977. The first-order chi connectivity index (χ1) is 46.1. The maximum atomic E-state index is 14.7. The van der Waals surface area contributed by atoms with Gasteiger partial charge in [-0.05, 0) is 185 Å². The fourth-order valence-electron chi connectivity index (χ4n) is 14.9. The number of aromatic hydroxyl groups is 1. The number of hydrogen-bond acceptors (Lipinski definition) is 13. The normalized spacial score (nSPS) is 20.9. The summed E-state index contributed by atoms with van der Waals surface area (Å²) in [5.41, 5.74) is 6.21. The number of piperidine rings is 2. The van der Waals surface area contributed by atoms with Crippen LogP contribution in [0.5, 0.6) is 11.8 Å².